The number of benzene rings is 1. The highest BCUT2D eigenvalue weighted by molar-refractivity contribution is 7.52. The van der Waals surface area contributed by atoms with Gasteiger partial charge in [-0.15, -0.1) is 0 Å². The minimum atomic E-state index is -3.27. The molecule has 39 heavy (non-hydrogen) atoms. The third kappa shape index (κ3) is 16.4. The number of rotatable bonds is 13. The van der Waals surface area contributed by atoms with Crippen LogP contribution in [0, 0.1) is 0 Å². The van der Waals surface area contributed by atoms with E-state index in [1.807, 2.05) is 87.4 Å². The average molecular weight is 593 g/mol. The Morgan fingerprint density at radius 3 is 1.59 bits per heavy atom. The standard InChI is InChI=1S/C15H26NO3P.C9H20NO3P.C4H8O/c1-12(2)18-20(17,19-13(3)4)16-14(5)11-15-9-7-6-8-10-15;1-7(2)12-14(11,13-8(3)4)10-6-9(10)5;1-2-4-5-3-1/h6-10,12-14H,11H2,1-5H3,(H,16,17);7-9H,6H2,1-5H3;1-4H2/t14-;9-,10?;/m00./s1. The monoisotopic (exact) mass is 592 g/mol. The van der Waals surface area contributed by atoms with Crippen molar-refractivity contribution in [2.75, 3.05) is 19.8 Å². The Morgan fingerprint density at radius 2 is 1.26 bits per heavy atom. The summed E-state index contributed by atoms with van der Waals surface area (Å²) in [6, 6.07) is 10.4. The Morgan fingerprint density at radius 1 is 0.821 bits per heavy atom. The molecule has 11 heteroatoms. The highest BCUT2D eigenvalue weighted by atomic mass is 31.2. The average Bonchev–Trinajstić information content (AvgIpc) is 3.25. The van der Waals surface area contributed by atoms with Crippen molar-refractivity contribution in [3.8, 4) is 0 Å². The zero-order valence-electron chi connectivity index (χ0n) is 25.8. The van der Waals surface area contributed by atoms with Crippen molar-refractivity contribution in [1.29, 1.82) is 0 Å². The minimum absolute atomic E-state index is 0.000679. The maximum Gasteiger partial charge on any atom is 0.409 e. The molecule has 1 unspecified atom stereocenters. The van der Waals surface area contributed by atoms with Gasteiger partial charge in [-0.3, -0.25) is 18.1 Å². The van der Waals surface area contributed by atoms with Crippen molar-refractivity contribution in [2.45, 2.75) is 125 Å². The van der Waals surface area contributed by atoms with Gasteiger partial charge in [0.1, 0.15) is 0 Å². The largest absolute Gasteiger partial charge is 0.409 e. The normalized spacial score (nSPS) is 20.1. The molecule has 9 nitrogen and oxygen atoms in total. The molecule has 2 aliphatic heterocycles. The summed E-state index contributed by atoms with van der Waals surface area (Å²) in [6.45, 7) is 21.6. The molecule has 1 aromatic rings. The summed E-state index contributed by atoms with van der Waals surface area (Å²) in [5.41, 5.74) is 1.19. The predicted molar refractivity (Wildman–Crippen MR) is 159 cm³/mol. The summed E-state index contributed by atoms with van der Waals surface area (Å²) >= 11 is 0. The van der Waals surface area contributed by atoms with E-state index in [4.69, 9.17) is 22.8 Å². The topological polar surface area (TPSA) is 95.3 Å². The predicted octanol–water partition coefficient (Wildman–Crippen LogP) is 7.61. The Bertz CT molecular complexity index is 844. The SMILES string of the molecule is C1CCOC1.CC(C)OP(=O)(N[C@@H](C)Cc1ccccc1)OC(C)C.CC(C)OP(=O)(OC(C)C)N1C[C@@H]1C. The van der Waals surface area contributed by atoms with Gasteiger partial charge in [-0.1, -0.05) is 30.3 Å². The van der Waals surface area contributed by atoms with Gasteiger partial charge in [-0.25, -0.2) is 18.9 Å². The van der Waals surface area contributed by atoms with Crippen molar-refractivity contribution in [3.05, 3.63) is 35.9 Å². The molecule has 0 bridgehead atoms. The first-order valence-corrected chi connectivity index (χ1v) is 17.3. The summed E-state index contributed by atoms with van der Waals surface area (Å²) in [6.07, 6.45) is 2.86. The molecular weight excluding hydrogens is 538 g/mol. The maximum atomic E-state index is 12.7. The van der Waals surface area contributed by atoms with Crippen molar-refractivity contribution >= 4 is 15.5 Å². The molecule has 2 fully saturated rings. The fourth-order valence-electron chi connectivity index (χ4n) is 3.68. The van der Waals surface area contributed by atoms with Crippen molar-refractivity contribution < 1.29 is 32.0 Å². The second kappa shape index (κ2) is 18.0. The van der Waals surface area contributed by atoms with Gasteiger partial charge in [0.25, 0.3) is 0 Å². The van der Waals surface area contributed by atoms with E-state index in [-0.39, 0.29) is 30.5 Å². The first kappa shape index (κ1) is 36.4. The van der Waals surface area contributed by atoms with Gasteiger partial charge >= 0.3 is 15.5 Å². The summed E-state index contributed by atoms with van der Waals surface area (Å²) in [5.74, 6) is 0. The Labute approximate surface area is 237 Å². The molecule has 2 aliphatic rings. The van der Waals surface area contributed by atoms with Crippen LogP contribution in [-0.4, -0.2) is 60.9 Å². The summed E-state index contributed by atoms with van der Waals surface area (Å²) in [5, 5.41) is 3.02. The minimum Gasteiger partial charge on any atom is -0.381 e. The second-order valence-electron chi connectivity index (χ2n) is 11.1. The lowest BCUT2D eigenvalue weighted by Gasteiger charge is -2.26. The third-order valence-corrected chi connectivity index (χ3v) is 9.84. The molecule has 0 aliphatic carbocycles. The number of ether oxygens (including phenoxy) is 1. The van der Waals surface area contributed by atoms with Gasteiger partial charge in [-0.2, -0.15) is 0 Å². The van der Waals surface area contributed by atoms with Gasteiger partial charge in [0.15, 0.2) is 0 Å². The molecule has 0 spiro atoms. The smallest absolute Gasteiger partial charge is 0.381 e. The van der Waals surface area contributed by atoms with Crippen LogP contribution in [0.5, 0.6) is 0 Å². The van der Waals surface area contributed by atoms with Crippen molar-refractivity contribution in [3.63, 3.8) is 0 Å². The van der Waals surface area contributed by atoms with Crippen molar-refractivity contribution in [2.24, 2.45) is 0 Å². The number of nitrogens with one attached hydrogen (secondary N) is 1. The quantitative estimate of drug-likeness (QED) is 0.183. The molecule has 1 aromatic carbocycles. The molecule has 3 atom stereocenters. The summed E-state index contributed by atoms with van der Waals surface area (Å²) in [4.78, 5) is 0. The van der Waals surface area contributed by atoms with Crippen LogP contribution in [0.1, 0.15) is 87.6 Å². The van der Waals surface area contributed by atoms with Crippen LogP contribution >= 0.6 is 15.5 Å². The highest BCUT2D eigenvalue weighted by Gasteiger charge is 2.48. The van der Waals surface area contributed by atoms with E-state index in [9.17, 15) is 9.13 Å². The lowest BCUT2D eigenvalue weighted by molar-refractivity contribution is 0.124. The van der Waals surface area contributed by atoms with Crippen LogP contribution in [0.4, 0.5) is 0 Å². The first-order valence-electron chi connectivity index (χ1n) is 14.3. The number of hydrogen-bond donors (Lipinski definition) is 1. The van der Waals surface area contributed by atoms with E-state index in [0.717, 1.165) is 26.2 Å². The highest BCUT2D eigenvalue weighted by Crippen LogP contribution is 2.59. The lowest BCUT2D eigenvalue weighted by atomic mass is 10.1. The van der Waals surface area contributed by atoms with Crippen molar-refractivity contribution in [1.82, 2.24) is 9.76 Å². The zero-order chi connectivity index (χ0) is 29.6. The molecule has 0 amide bonds. The van der Waals surface area contributed by atoms with E-state index in [1.165, 1.54) is 18.4 Å². The van der Waals surface area contributed by atoms with Gasteiger partial charge in [-0.05, 0) is 94.1 Å². The van der Waals surface area contributed by atoms with E-state index in [1.54, 1.807) is 4.67 Å². The fraction of sp³-hybridized carbons (Fsp3) is 0.786. The molecule has 0 aromatic heterocycles. The number of nitrogens with zero attached hydrogens (tertiary/aromatic N) is 1. The van der Waals surface area contributed by atoms with Crippen LogP contribution in [0.2, 0.25) is 0 Å². The molecule has 2 saturated heterocycles. The van der Waals surface area contributed by atoms with Gasteiger partial charge < -0.3 is 4.74 Å². The Kier molecular flexibility index (Phi) is 16.9. The molecule has 0 radical (unpaired) electrons. The van der Waals surface area contributed by atoms with Gasteiger partial charge in [0, 0.05) is 31.8 Å². The fourth-order valence-corrected chi connectivity index (χ4v) is 7.87. The second-order valence-corrected chi connectivity index (χ2v) is 14.6. The molecule has 3 rings (SSSR count). The number of hydrogen-bond acceptors (Lipinski definition) is 7. The molecular formula is C28H54N2O7P2. The molecule has 1 N–H and O–H groups in total. The van der Waals surface area contributed by atoms with Gasteiger partial charge in [0.05, 0.1) is 24.4 Å². The lowest BCUT2D eigenvalue weighted by Crippen LogP contribution is -2.29. The van der Waals surface area contributed by atoms with Crippen LogP contribution < -0.4 is 5.09 Å². The van der Waals surface area contributed by atoms with E-state index >= 15 is 0 Å². The Balaban J connectivity index is 0.000000343. The van der Waals surface area contributed by atoms with Crippen LogP contribution in [-0.2, 0) is 38.4 Å². The first-order chi connectivity index (χ1) is 18.2. The summed E-state index contributed by atoms with van der Waals surface area (Å²) in [7, 11) is -6.29. The molecule has 0 saturated carbocycles. The van der Waals surface area contributed by atoms with E-state index in [2.05, 4.69) is 17.2 Å². The van der Waals surface area contributed by atoms with E-state index < -0.39 is 15.5 Å². The van der Waals surface area contributed by atoms with Gasteiger partial charge in [0.2, 0.25) is 0 Å². The maximum absolute atomic E-state index is 12.7. The molecule has 228 valence electrons. The molecule has 2 heterocycles. The van der Waals surface area contributed by atoms with Crippen LogP contribution in [0.15, 0.2) is 30.3 Å². The van der Waals surface area contributed by atoms with E-state index in [0.29, 0.717) is 6.04 Å². The van der Waals surface area contributed by atoms with Crippen LogP contribution in [0.3, 0.4) is 0 Å². The Hall–Kier alpha value is -0.600. The van der Waals surface area contributed by atoms with Crippen LogP contribution in [0.25, 0.3) is 0 Å². The zero-order valence-corrected chi connectivity index (χ0v) is 27.6. The summed E-state index contributed by atoms with van der Waals surface area (Å²) < 4.78 is 53.5. The third-order valence-electron chi connectivity index (χ3n) is 5.12.